The molecule has 2 aromatic rings. The number of alkyl halides is 2. The molecule has 2 N–H and O–H groups in total. The summed E-state index contributed by atoms with van der Waals surface area (Å²) in [5.74, 6) is 0. The van der Waals surface area contributed by atoms with E-state index in [1.807, 2.05) is 0 Å². The first-order chi connectivity index (χ1) is 8.47. The van der Waals surface area contributed by atoms with Crippen molar-refractivity contribution in [2.24, 2.45) is 0 Å². The van der Waals surface area contributed by atoms with Crippen LogP contribution < -0.4 is 5.46 Å². The first-order valence-electron chi connectivity index (χ1n) is 4.99. The summed E-state index contributed by atoms with van der Waals surface area (Å²) in [7, 11) is -1.94. The van der Waals surface area contributed by atoms with Gasteiger partial charge in [0.2, 0.25) is 0 Å². The van der Waals surface area contributed by atoms with Crippen molar-refractivity contribution >= 4 is 51.9 Å². The van der Waals surface area contributed by atoms with Gasteiger partial charge < -0.3 is 10.0 Å². The number of fused-ring (bicyclic) bond motifs is 1. The van der Waals surface area contributed by atoms with Crippen molar-refractivity contribution in [2.75, 3.05) is 0 Å². The van der Waals surface area contributed by atoms with E-state index in [4.69, 9.17) is 0 Å². The zero-order chi connectivity index (χ0) is 13.4. The van der Waals surface area contributed by atoms with Crippen LogP contribution in [0.2, 0.25) is 0 Å². The summed E-state index contributed by atoms with van der Waals surface area (Å²) < 4.78 is 27.7. The van der Waals surface area contributed by atoms with Gasteiger partial charge in [-0.1, -0.05) is 0 Å². The molecule has 0 aliphatic rings. The molecule has 0 aliphatic heterocycles. The van der Waals surface area contributed by atoms with Crippen LogP contribution in [0.1, 0.15) is 17.6 Å². The molecule has 18 heavy (non-hydrogen) atoms. The Kier molecular flexibility index (Phi) is 4.20. The van der Waals surface area contributed by atoms with Gasteiger partial charge in [-0.3, -0.25) is 0 Å². The molecule has 0 saturated heterocycles. The van der Waals surface area contributed by atoms with E-state index in [1.165, 1.54) is 13.1 Å². The molecule has 9 heteroatoms. The van der Waals surface area contributed by atoms with Crippen LogP contribution >= 0.6 is 28.4 Å². The minimum Gasteiger partial charge on any atom is -0.423 e. The van der Waals surface area contributed by atoms with Gasteiger partial charge in [0.1, 0.15) is 0 Å². The predicted octanol–water partition coefficient (Wildman–Crippen LogP) is 1.75. The lowest BCUT2D eigenvalue weighted by atomic mass is 9.74. The number of aromatic nitrogens is 2. The Morgan fingerprint density at radius 3 is 2.67 bits per heavy atom. The van der Waals surface area contributed by atoms with E-state index in [2.05, 4.69) is 27.1 Å². The van der Waals surface area contributed by atoms with Crippen molar-refractivity contribution in [3.05, 3.63) is 23.4 Å². The highest BCUT2D eigenvalue weighted by Crippen LogP contribution is 2.31. The molecule has 0 aliphatic carbocycles. The van der Waals surface area contributed by atoms with E-state index in [1.54, 1.807) is 10.5 Å². The molecule has 0 spiro atoms. The quantitative estimate of drug-likeness (QED) is 0.482. The van der Waals surface area contributed by atoms with Crippen LogP contribution in [0.15, 0.2) is 12.3 Å². The van der Waals surface area contributed by atoms with E-state index < -0.39 is 13.5 Å². The van der Waals surface area contributed by atoms with Gasteiger partial charge >= 0.3 is 7.12 Å². The third-order valence-corrected chi connectivity index (χ3v) is 4.61. The smallest absolute Gasteiger partial charge is 0.423 e. The van der Waals surface area contributed by atoms with Gasteiger partial charge in [0.05, 0.1) is 18.1 Å². The lowest BCUT2D eigenvalue weighted by Crippen LogP contribution is -2.34. The molecule has 0 saturated carbocycles. The highest BCUT2D eigenvalue weighted by molar-refractivity contribution is 14.2. The molecule has 2 rings (SSSR count). The average molecular weight is 384 g/mol. The SMILES string of the molecule is Cc1cc2c(cnn2PI)c(B(O)O)c1C(F)F. The van der Waals surface area contributed by atoms with Crippen molar-refractivity contribution in [2.45, 2.75) is 13.3 Å². The summed E-state index contributed by atoms with van der Waals surface area (Å²) >= 11 is 2.12. The van der Waals surface area contributed by atoms with E-state index >= 15 is 0 Å². The lowest BCUT2D eigenvalue weighted by Gasteiger charge is -2.13. The third-order valence-electron chi connectivity index (χ3n) is 2.72. The average Bonchev–Trinajstić information content (AvgIpc) is 2.68. The van der Waals surface area contributed by atoms with Gasteiger partial charge in [-0.25, -0.2) is 13.2 Å². The van der Waals surface area contributed by atoms with E-state index in [0.29, 0.717) is 22.8 Å². The number of rotatable bonds is 3. The molecular formula is C9H9BF2IN2O2P. The monoisotopic (exact) mass is 384 g/mol. The maximum absolute atomic E-state index is 13.0. The standard InChI is InChI=1S/C9H9BF2IN2O2P/c1-4-2-6-5(3-14-15(6)18-13)8(10(16)17)7(4)9(11)12/h2-3,9,16-18H,1H3. The molecule has 0 amide bonds. The van der Waals surface area contributed by atoms with Gasteiger partial charge in [0.15, 0.2) is 0 Å². The van der Waals surface area contributed by atoms with Crippen molar-refractivity contribution in [3.63, 3.8) is 0 Å². The number of hydrogen-bond donors (Lipinski definition) is 2. The topological polar surface area (TPSA) is 58.3 Å². The molecule has 1 unspecified atom stereocenters. The molecule has 0 radical (unpaired) electrons. The van der Waals surface area contributed by atoms with Crippen LogP contribution in [0.4, 0.5) is 8.78 Å². The molecule has 0 bridgehead atoms. The fraction of sp³-hybridized carbons (Fsp3) is 0.222. The number of nitrogens with zero attached hydrogens (tertiary/aromatic N) is 2. The Balaban J connectivity index is 2.86. The number of aryl methyl sites for hydroxylation is 1. The Morgan fingerprint density at radius 2 is 2.17 bits per heavy atom. The minimum absolute atomic E-state index is 0.152. The van der Waals surface area contributed by atoms with E-state index in [9.17, 15) is 18.8 Å². The van der Waals surface area contributed by atoms with Gasteiger partial charge in [0.25, 0.3) is 6.43 Å². The molecule has 96 valence electrons. The van der Waals surface area contributed by atoms with Gasteiger partial charge in [-0.2, -0.15) is 5.10 Å². The Morgan fingerprint density at radius 1 is 1.50 bits per heavy atom. The highest BCUT2D eigenvalue weighted by Gasteiger charge is 2.27. The molecule has 0 fully saturated rings. The summed E-state index contributed by atoms with van der Waals surface area (Å²) in [5.41, 5.74) is 0.486. The summed E-state index contributed by atoms with van der Waals surface area (Å²) in [6, 6.07) is 1.60. The second-order valence-electron chi connectivity index (χ2n) is 3.77. The third kappa shape index (κ3) is 2.26. The van der Waals surface area contributed by atoms with Crippen LogP contribution in [-0.2, 0) is 0 Å². The largest absolute Gasteiger partial charge is 0.489 e. The fourth-order valence-electron chi connectivity index (χ4n) is 1.98. The first kappa shape index (κ1) is 14.1. The second kappa shape index (κ2) is 5.36. The van der Waals surface area contributed by atoms with Crippen molar-refractivity contribution < 1.29 is 18.8 Å². The number of halogens is 3. The number of benzene rings is 1. The summed E-state index contributed by atoms with van der Waals surface area (Å²) in [4.78, 5) is 0. The normalized spacial score (nSPS) is 12.2. The second-order valence-corrected chi connectivity index (χ2v) is 5.81. The van der Waals surface area contributed by atoms with Crippen LogP contribution in [0, 0.1) is 6.92 Å². The van der Waals surface area contributed by atoms with Crippen LogP contribution in [-0.4, -0.2) is 26.7 Å². The van der Waals surface area contributed by atoms with Crippen molar-refractivity contribution in [3.8, 4) is 0 Å². The molecule has 1 atom stereocenters. The molecule has 1 heterocycles. The van der Waals surface area contributed by atoms with E-state index in [0.717, 1.165) is 0 Å². The Bertz CT molecular complexity index is 593. The molecule has 4 nitrogen and oxygen atoms in total. The zero-order valence-electron chi connectivity index (χ0n) is 9.23. The van der Waals surface area contributed by atoms with Crippen molar-refractivity contribution in [1.29, 1.82) is 0 Å². The summed E-state index contributed by atoms with van der Waals surface area (Å²) in [5, 5.41) is 23.1. The maximum atomic E-state index is 13.0. The van der Waals surface area contributed by atoms with Gasteiger partial charge in [0, 0.05) is 16.4 Å². The van der Waals surface area contributed by atoms with Crippen LogP contribution in [0.5, 0.6) is 0 Å². The Hall–Kier alpha value is -0.305. The number of hydrogen-bond acceptors (Lipinski definition) is 3. The Labute approximate surface area is 117 Å². The van der Waals surface area contributed by atoms with Crippen molar-refractivity contribution in [1.82, 2.24) is 9.55 Å². The highest BCUT2D eigenvalue weighted by atomic mass is 127. The minimum atomic E-state index is -2.75. The fourth-order valence-corrected chi connectivity index (χ4v) is 3.51. The summed E-state index contributed by atoms with van der Waals surface area (Å²) in [6.45, 7) is 1.53. The molecule has 1 aromatic heterocycles. The van der Waals surface area contributed by atoms with Gasteiger partial charge in [-0.05, 0) is 40.6 Å². The maximum Gasteiger partial charge on any atom is 0.489 e. The molecular weight excluding hydrogens is 375 g/mol. The van der Waals surface area contributed by atoms with E-state index in [-0.39, 0.29) is 11.0 Å². The van der Waals surface area contributed by atoms with Gasteiger partial charge in [-0.15, -0.1) is 0 Å². The van der Waals surface area contributed by atoms with Crippen LogP contribution in [0.25, 0.3) is 10.9 Å². The van der Waals surface area contributed by atoms with Crippen LogP contribution in [0.3, 0.4) is 0 Å². The molecule has 1 aromatic carbocycles. The predicted molar refractivity (Wildman–Crippen MR) is 77.0 cm³/mol. The zero-order valence-corrected chi connectivity index (χ0v) is 12.4. The first-order valence-corrected chi connectivity index (χ1v) is 9.05. The summed E-state index contributed by atoms with van der Waals surface area (Å²) in [6.07, 6.45) is -1.05. The lowest BCUT2D eigenvalue weighted by molar-refractivity contribution is 0.151.